The van der Waals surface area contributed by atoms with Gasteiger partial charge in [0.25, 0.3) is 0 Å². The molecule has 0 saturated heterocycles. The van der Waals surface area contributed by atoms with Crippen molar-refractivity contribution >= 4 is 11.1 Å². The summed E-state index contributed by atoms with van der Waals surface area (Å²) in [4.78, 5) is 0.362. The molecule has 0 fully saturated rings. The van der Waals surface area contributed by atoms with Gasteiger partial charge in [0, 0.05) is 4.90 Å². The molecule has 1 aromatic carbocycles. The van der Waals surface area contributed by atoms with Crippen LogP contribution in [0.25, 0.3) is 0 Å². The second-order valence-electron chi connectivity index (χ2n) is 2.96. The first-order valence-corrected chi connectivity index (χ1v) is 4.88. The summed E-state index contributed by atoms with van der Waals surface area (Å²) in [6.45, 7) is 4.07. The van der Waals surface area contributed by atoms with Gasteiger partial charge in [0.2, 0.25) is 0 Å². The van der Waals surface area contributed by atoms with Crippen molar-refractivity contribution in [1.82, 2.24) is 0 Å². The van der Waals surface area contributed by atoms with Gasteiger partial charge in [-0.1, -0.05) is 26.0 Å². The largest absolute Gasteiger partial charge is 1.00 e. The molecule has 0 aromatic heterocycles. The van der Waals surface area contributed by atoms with Gasteiger partial charge in [0.05, 0.1) is 0 Å². The van der Waals surface area contributed by atoms with Gasteiger partial charge in [-0.05, 0) is 34.7 Å². The van der Waals surface area contributed by atoms with E-state index in [9.17, 15) is 8.76 Å². The topological polar surface area (TPSA) is 40.1 Å². The number of hydrogen-bond donors (Lipinski definition) is 0. The summed E-state index contributed by atoms with van der Waals surface area (Å²) in [7, 11) is 0. The number of benzene rings is 1. The molecule has 4 heteroatoms. The summed E-state index contributed by atoms with van der Waals surface area (Å²) >= 11 is -2.11. The van der Waals surface area contributed by atoms with Gasteiger partial charge in [-0.2, -0.15) is 0 Å². The van der Waals surface area contributed by atoms with Crippen molar-refractivity contribution in [3.8, 4) is 0 Å². The summed E-state index contributed by atoms with van der Waals surface area (Å²) in [5.41, 5.74) is 1.05. The fraction of sp³-hybridized carbons (Fsp3) is 0.333. The summed E-state index contributed by atoms with van der Waals surface area (Å²) in [5.74, 6) is 0.369. The zero-order valence-electron chi connectivity index (χ0n) is 8.11. The van der Waals surface area contributed by atoms with Gasteiger partial charge in [-0.25, -0.2) is 0 Å². The average Bonchev–Trinajstić information content (AvgIpc) is 2.04. The first-order chi connectivity index (χ1) is 5.61. The van der Waals surface area contributed by atoms with E-state index >= 15 is 0 Å². The van der Waals surface area contributed by atoms with Crippen LogP contribution in [0.15, 0.2) is 29.2 Å². The van der Waals surface area contributed by atoms with E-state index in [0.29, 0.717) is 10.8 Å². The minimum absolute atomic E-state index is 0. The van der Waals surface area contributed by atoms with Crippen LogP contribution in [0.4, 0.5) is 0 Å². The maximum Gasteiger partial charge on any atom is 1.00 e. The molecule has 0 heterocycles. The van der Waals surface area contributed by atoms with Crippen LogP contribution in [0.5, 0.6) is 0 Å². The maximum atomic E-state index is 10.6. The van der Waals surface area contributed by atoms with Crippen molar-refractivity contribution in [3.05, 3.63) is 29.8 Å². The molecule has 66 valence electrons. The molecule has 0 radical (unpaired) electrons. The minimum Gasteiger partial charge on any atom is -0.768 e. The molecule has 1 unspecified atom stereocenters. The van der Waals surface area contributed by atoms with Gasteiger partial charge in [0.1, 0.15) is 0 Å². The van der Waals surface area contributed by atoms with Gasteiger partial charge in [-0.15, -0.1) is 0 Å². The Morgan fingerprint density at radius 2 is 2.00 bits per heavy atom. The normalized spacial score (nSPS) is 12.3. The van der Waals surface area contributed by atoms with Crippen molar-refractivity contribution < 1.29 is 27.6 Å². The first kappa shape index (κ1) is 12.9. The Kier molecular flexibility index (Phi) is 5.58. The third kappa shape index (κ3) is 3.66. The fourth-order valence-electron chi connectivity index (χ4n) is 0.977. The third-order valence-corrected chi connectivity index (χ3v) is 2.36. The molecular weight excluding hydrogens is 179 g/mol. The van der Waals surface area contributed by atoms with Crippen molar-refractivity contribution in [3.63, 3.8) is 0 Å². The molecule has 0 spiro atoms. The van der Waals surface area contributed by atoms with Crippen LogP contribution < -0.4 is 18.9 Å². The van der Waals surface area contributed by atoms with Crippen molar-refractivity contribution in [1.29, 1.82) is 0 Å². The summed E-state index contributed by atoms with van der Waals surface area (Å²) in [6.07, 6.45) is 0. The second kappa shape index (κ2) is 5.61. The Morgan fingerprint density at radius 1 is 1.38 bits per heavy atom. The summed E-state index contributed by atoms with van der Waals surface area (Å²) < 4.78 is 21.2. The molecular formula is C9H11LiO2S. The van der Waals surface area contributed by atoms with Crippen LogP contribution in [0.3, 0.4) is 0 Å². The van der Waals surface area contributed by atoms with Gasteiger partial charge < -0.3 is 4.55 Å². The van der Waals surface area contributed by atoms with E-state index in [-0.39, 0.29) is 18.9 Å². The standard InChI is InChI=1S/C9H12O2S.Li/c1-7(2)8-4-3-5-9(6-8)12(10)11;/h3-7H,1-2H3,(H,10,11);/q;+1/p-1. The Hall–Kier alpha value is -0.0726. The van der Waals surface area contributed by atoms with E-state index in [2.05, 4.69) is 0 Å². The Balaban J connectivity index is 0.00000144. The quantitative estimate of drug-likeness (QED) is 0.445. The maximum absolute atomic E-state index is 10.6. The molecule has 0 amide bonds. The molecule has 0 aliphatic heterocycles. The van der Waals surface area contributed by atoms with E-state index < -0.39 is 11.1 Å². The van der Waals surface area contributed by atoms with E-state index in [1.54, 1.807) is 18.2 Å². The van der Waals surface area contributed by atoms with Gasteiger partial charge in [0.15, 0.2) is 0 Å². The minimum atomic E-state index is -2.11. The van der Waals surface area contributed by atoms with Gasteiger partial charge >= 0.3 is 18.9 Å². The van der Waals surface area contributed by atoms with Crippen LogP contribution in [0.1, 0.15) is 25.3 Å². The summed E-state index contributed by atoms with van der Waals surface area (Å²) in [6, 6.07) is 6.99. The SMILES string of the molecule is CC(C)c1cccc(S(=O)[O-])c1.[Li+]. The van der Waals surface area contributed by atoms with E-state index in [1.807, 2.05) is 19.9 Å². The van der Waals surface area contributed by atoms with Crippen LogP contribution in [-0.2, 0) is 11.1 Å². The van der Waals surface area contributed by atoms with Crippen molar-refractivity contribution in [2.75, 3.05) is 0 Å². The van der Waals surface area contributed by atoms with E-state index in [4.69, 9.17) is 0 Å². The van der Waals surface area contributed by atoms with Crippen molar-refractivity contribution in [2.45, 2.75) is 24.7 Å². The average molecular weight is 190 g/mol. The Bertz CT molecular complexity index is 299. The van der Waals surface area contributed by atoms with Crippen molar-refractivity contribution in [2.24, 2.45) is 0 Å². The first-order valence-electron chi connectivity index (χ1n) is 3.80. The predicted molar refractivity (Wildman–Crippen MR) is 47.7 cm³/mol. The molecule has 1 aromatic rings. The molecule has 1 rings (SSSR count). The predicted octanol–water partition coefficient (Wildman–Crippen LogP) is -0.948. The van der Waals surface area contributed by atoms with Crippen LogP contribution in [0, 0.1) is 0 Å². The zero-order valence-corrected chi connectivity index (χ0v) is 8.93. The molecule has 0 aliphatic rings. The molecule has 0 saturated carbocycles. The third-order valence-electron chi connectivity index (χ3n) is 1.72. The zero-order chi connectivity index (χ0) is 9.14. The van der Waals surface area contributed by atoms with Gasteiger partial charge in [-0.3, -0.25) is 4.21 Å². The van der Waals surface area contributed by atoms with E-state index in [0.717, 1.165) is 5.56 Å². The van der Waals surface area contributed by atoms with Crippen LogP contribution >= 0.6 is 0 Å². The molecule has 2 nitrogen and oxygen atoms in total. The molecule has 0 aliphatic carbocycles. The molecule has 13 heavy (non-hydrogen) atoms. The molecule has 0 N–H and O–H groups in total. The Labute approximate surface area is 93.2 Å². The van der Waals surface area contributed by atoms with Crippen LogP contribution in [-0.4, -0.2) is 8.76 Å². The monoisotopic (exact) mass is 190 g/mol. The molecule has 0 bridgehead atoms. The van der Waals surface area contributed by atoms with E-state index in [1.165, 1.54) is 0 Å². The Morgan fingerprint density at radius 3 is 2.46 bits per heavy atom. The van der Waals surface area contributed by atoms with Crippen LogP contribution in [0.2, 0.25) is 0 Å². The smallest absolute Gasteiger partial charge is 0.768 e. The second-order valence-corrected chi connectivity index (χ2v) is 3.90. The fourth-order valence-corrected chi connectivity index (χ4v) is 1.40. The summed E-state index contributed by atoms with van der Waals surface area (Å²) in [5, 5.41) is 0. The molecule has 1 atom stereocenters. The number of rotatable bonds is 2. The number of hydrogen-bond acceptors (Lipinski definition) is 2.